The van der Waals surface area contributed by atoms with Crippen molar-refractivity contribution in [2.45, 2.75) is 26.8 Å². The molecule has 0 heterocycles. The lowest BCUT2D eigenvalue weighted by molar-refractivity contribution is -0.134. The van der Waals surface area contributed by atoms with E-state index in [2.05, 4.69) is 15.7 Å². The van der Waals surface area contributed by atoms with Crippen molar-refractivity contribution in [1.29, 1.82) is 0 Å². The van der Waals surface area contributed by atoms with Crippen LogP contribution < -0.4 is 5.32 Å². The van der Waals surface area contributed by atoms with Crippen molar-refractivity contribution in [3.05, 3.63) is 29.8 Å². The first-order valence-corrected chi connectivity index (χ1v) is 6.38. The predicted molar refractivity (Wildman–Crippen MR) is 77.0 cm³/mol. The van der Waals surface area contributed by atoms with Crippen molar-refractivity contribution >= 4 is 23.3 Å². The maximum Gasteiger partial charge on any atom is 0.266 e. The molecule has 0 bridgehead atoms. The molecule has 0 aromatic heterocycles. The normalized spacial score (nSPS) is 12.0. The van der Waals surface area contributed by atoms with Crippen molar-refractivity contribution < 1.29 is 14.4 Å². The van der Waals surface area contributed by atoms with Crippen LogP contribution in [0.3, 0.4) is 0 Å². The smallest absolute Gasteiger partial charge is 0.266 e. The average Bonchev–Trinajstić information content (AvgIpc) is 2.43. The SMILES string of the molecule is CC(=O)N[C@@H](C)C(=O)N(C)N=Nc1ccc(C(C)=O)cc1. The van der Waals surface area contributed by atoms with E-state index in [0.717, 1.165) is 5.01 Å². The monoisotopic (exact) mass is 290 g/mol. The second-order valence-corrected chi connectivity index (χ2v) is 4.58. The maximum absolute atomic E-state index is 11.9. The van der Waals surface area contributed by atoms with Gasteiger partial charge in [-0.15, -0.1) is 5.11 Å². The third kappa shape index (κ3) is 5.13. The Labute approximate surface area is 123 Å². The zero-order chi connectivity index (χ0) is 16.0. The zero-order valence-corrected chi connectivity index (χ0v) is 12.5. The first-order valence-electron chi connectivity index (χ1n) is 6.38. The molecule has 1 aromatic rings. The van der Waals surface area contributed by atoms with Gasteiger partial charge in [0.1, 0.15) is 6.04 Å². The Morgan fingerprint density at radius 1 is 1.14 bits per heavy atom. The Hall–Kier alpha value is -2.57. The summed E-state index contributed by atoms with van der Waals surface area (Å²) in [7, 11) is 1.45. The van der Waals surface area contributed by atoms with Crippen LogP contribution in [0.5, 0.6) is 0 Å². The molecule has 0 aliphatic rings. The molecule has 7 heteroatoms. The number of Topliss-reactive ketones (excluding diaryl/α,β-unsaturated/α-hetero) is 1. The van der Waals surface area contributed by atoms with Gasteiger partial charge in [-0.05, 0) is 38.1 Å². The Balaban J connectivity index is 2.68. The first-order chi connectivity index (χ1) is 9.81. The summed E-state index contributed by atoms with van der Waals surface area (Å²) in [5.41, 5.74) is 1.10. The minimum atomic E-state index is -0.675. The van der Waals surface area contributed by atoms with Gasteiger partial charge in [-0.1, -0.05) is 5.22 Å². The number of hydrogen-bond donors (Lipinski definition) is 1. The number of rotatable bonds is 5. The van der Waals surface area contributed by atoms with E-state index in [-0.39, 0.29) is 17.6 Å². The summed E-state index contributed by atoms with van der Waals surface area (Å²) < 4.78 is 0. The Morgan fingerprint density at radius 2 is 1.71 bits per heavy atom. The highest BCUT2D eigenvalue weighted by Crippen LogP contribution is 2.14. The van der Waals surface area contributed by atoms with E-state index in [1.807, 2.05) is 0 Å². The summed E-state index contributed by atoms with van der Waals surface area (Å²) >= 11 is 0. The number of hydrogen-bond acceptors (Lipinski definition) is 5. The van der Waals surface area contributed by atoms with E-state index in [9.17, 15) is 14.4 Å². The molecule has 112 valence electrons. The summed E-state index contributed by atoms with van der Waals surface area (Å²) in [6.07, 6.45) is 0. The molecule has 2 amide bonds. The van der Waals surface area contributed by atoms with Gasteiger partial charge in [-0.2, -0.15) is 0 Å². The molecule has 0 unspecified atom stereocenters. The van der Waals surface area contributed by atoms with Gasteiger partial charge in [-0.25, -0.2) is 5.01 Å². The third-order valence-electron chi connectivity index (χ3n) is 2.68. The number of nitrogens with zero attached hydrogens (tertiary/aromatic N) is 3. The van der Waals surface area contributed by atoms with Crippen LogP contribution >= 0.6 is 0 Å². The Kier molecular flexibility index (Phi) is 5.71. The van der Waals surface area contributed by atoms with Crippen LogP contribution in [0.2, 0.25) is 0 Å². The van der Waals surface area contributed by atoms with Crippen LogP contribution in [-0.4, -0.2) is 35.7 Å². The molecular formula is C14H18N4O3. The molecule has 1 N–H and O–H groups in total. The highest BCUT2D eigenvalue weighted by molar-refractivity contribution is 5.94. The van der Waals surface area contributed by atoms with Crippen LogP contribution in [0.25, 0.3) is 0 Å². The third-order valence-corrected chi connectivity index (χ3v) is 2.68. The fourth-order valence-electron chi connectivity index (χ4n) is 1.57. The summed E-state index contributed by atoms with van der Waals surface area (Å²) in [5, 5.41) is 11.2. The molecule has 1 atom stereocenters. The van der Waals surface area contributed by atoms with Crippen molar-refractivity contribution in [2.24, 2.45) is 10.3 Å². The highest BCUT2D eigenvalue weighted by Gasteiger charge is 2.17. The molecule has 0 aliphatic heterocycles. The lowest BCUT2D eigenvalue weighted by Gasteiger charge is -2.15. The second kappa shape index (κ2) is 7.28. The molecule has 1 rings (SSSR count). The summed E-state index contributed by atoms with van der Waals surface area (Å²) in [6.45, 7) is 4.38. The van der Waals surface area contributed by atoms with Crippen LogP contribution in [-0.2, 0) is 9.59 Å². The molecule has 21 heavy (non-hydrogen) atoms. The topological polar surface area (TPSA) is 91.2 Å². The minimum absolute atomic E-state index is 0.0325. The standard InChI is InChI=1S/C14H18N4O3/c1-9(15-11(3)20)14(21)18(4)17-16-13-7-5-12(6-8-13)10(2)19/h5-9H,1-4H3,(H,15,20)/t9-/m0/s1. The van der Waals surface area contributed by atoms with Crippen LogP contribution in [0.15, 0.2) is 34.6 Å². The number of nitrogens with one attached hydrogen (secondary N) is 1. The Morgan fingerprint density at radius 3 is 2.19 bits per heavy atom. The number of likely N-dealkylation sites (N-methyl/N-ethyl adjacent to an activating group) is 1. The fourth-order valence-corrected chi connectivity index (χ4v) is 1.57. The van der Waals surface area contributed by atoms with Gasteiger partial charge in [0.2, 0.25) is 5.91 Å². The molecule has 0 saturated heterocycles. The van der Waals surface area contributed by atoms with Crippen LogP contribution in [0, 0.1) is 0 Å². The lowest BCUT2D eigenvalue weighted by Crippen LogP contribution is -2.42. The lowest BCUT2D eigenvalue weighted by atomic mass is 10.1. The van der Waals surface area contributed by atoms with Gasteiger partial charge in [0, 0.05) is 19.5 Å². The number of carbonyl (C=O) groups is 3. The van der Waals surface area contributed by atoms with Crippen LogP contribution in [0.4, 0.5) is 5.69 Å². The van der Waals surface area contributed by atoms with E-state index in [1.54, 1.807) is 31.2 Å². The van der Waals surface area contributed by atoms with E-state index < -0.39 is 6.04 Å². The average molecular weight is 290 g/mol. The van der Waals surface area contributed by atoms with Gasteiger partial charge in [0.15, 0.2) is 5.78 Å². The molecule has 7 nitrogen and oxygen atoms in total. The van der Waals surface area contributed by atoms with Gasteiger partial charge < -0.3 is 5.32 Å². The molecule has 1 aromatic carbocycles. The molecule has 0 fully saturated rings. The fraction of sp³-hybridized carbons (Fsp3) is 0.357. The first kappa shape index (κ1) is 16.5. The summed E-state index contributed by atoms with van der Waals surface area (Å²) in [6, 6.07) is 5.87. The summed E-state index contributed by atoms with van der Waals surface area (Å²) in [4.78, 5) is 33.9. The number of benzene rings is 1. The van der Waals surface area contributed by atoms with Gasteiger partial charge in [-0.3, -0.25) is 14.4 Å². The molecular weight excluding hydrogens is 272 g/mol. The number of carbonyl (C=O) groups excluding carboxylic acids is 3. The quantitative estimate of drug-likeness (QED) is 0.510. The van der Waals surface area contributed by atoms with Crippen molar-refractivity contribution in [1.82, 2.24) is 10.3 Å². The molecule has 0 radical (unpaired) electrons. The van der Waals surface area contributed by atoms with E-state index in [1.165, 1.54) is 20.9 Å². The zero-order valence-electron chi connectivity index (χ0n) is 12.5. The van der Waals surface area contributed by atoms with Gasteiger partial charge >= 0.3 is 0 Å². The van der Waals surface area contributed by atoms with Gasteiger partial charge in [0.05, 0.1) is 5.69 Å². The Bertz CT molecular complexity index is 566. The van der Waals surface area contributed by atoms with E-state index >= 15 is 0 Å². The molecule has 0 saturated carbocycles. The van der Waals surface area contributed by atoms with Crippen molar-refractivity contribution in [2.75, 3.05) is 7.05 Å². The second-order valence-electron chi connectivity index (χ2n) is 4.58. The van der Waals surface area contributed by atoms with Gasteiger partial charge in [0.25, 0.3) is 5.91 Å². The minimum Gasteiger partial charge on any atom is -0.345 e. The van der Waals surface area contributed by atoms with Crippen LogP contribution in [0.1, 0.15) is 31.1 Å². The summed E-state index contributed by atoms with van der Waals surface area (Å²) in [5.74, 6) is -0.703. The van der Waals surface area contributed by atoms with E-state index in [4.69, 9.17) is 0 Å². The molecule has 0 spiro atoms. The molecule has 0 aliphatic carbocycles. The highest BCUT2D eigenvalue weighted by atomic mass is 16.2. The number of ketones is 1. The van der Waals surface area contributed by atoms with Crippen molar-refractivity contribution in [3.8, 4) is 0 Å². The maximum atomic E-state index is 11.9. The predicted octanol–water partition coefficient (Wildman–Crippen LogP) is 1.87. The number of amides is 2. The largest absolute Gasteiger partial charge is 0.345 e. The van der Waals surface area contributed by atoms with Crippen molar-refractivity contribution in [3.63, 3.8) is 0 Å². The van der Waals surface area contributed by atoms with E-state index in [0.29, 0.717) is 11.3 Å².